The van der Waals surface area contributed by atoms with Gasteiger partial charge in [0.25, 0.3) is 0 Å². The van der Waals surface area contributed by atoms with Gasteiger partial charge in [-0.3, -0.25) is 4.79 Å². The second kappa shape index (κ2) is 6.90. The molecule has 0 fully saturated rings. The number of hydrogen-bond acceptors (Lipinski definition) is 4. The quantitative estimate of drug-likeness (QED) is 0.652. The van der Waals surface area contributed by atoms with E-state index in [1.807, 2.05) is 48.5 Å². The Kier molecular flexibility index (Phi) is 4.95. The van der Waals surface area contributed by atoms with Crippen molar-refractivity contribution >= 4 is 11.7 Å². The second-order valence-corrected chi connectivity index (χ2v) is 4.85. The first-order valence-electron chi connectivity index (χ1n) is 6.98. The second-order valence-electron chi connectivity index (χ2n) is 4.85. The van der Waals surface area contributed by atoms with Crippen molar-refractivity contribution in [3.63, 3.8) is 0 Å². The van der Waals surface area contributed by atoms with Crippen LogP contribution in [-0.4, -0.2) is 18.6 Å². The number of carbonyl (C=O) groups is 1. The number of nitrogens with two attached hydrogens (primary N) is 2. The lowest BCUT2D eigenvalue weighted by molar-refractivity contribution is -0.144. The number of carbonyl (C=O) groups excluding carboxylic acids is 1. The van der Waals surface area contributed by atoms with Crippen LogP contribution in [0.2, 0.25) is 0 Å². The molecule has 1 atom stereocenters. The summed E-state index contributed by atoms with van der Waals surface area (Å²) in [5, 5.41) is 0. The topological polar surface area (TPSA) is 78.3 Å². The molecule has 0 heterocycles. The Hall–Kier alpha value is -2.33. The summed E-state index contributed by atoms with van der Waals surface area (Å²) in [6, 6.07) is 14.9. The largest absolute Gasteiger partial charge is 0.465 e. The Morgan fingerprint density at radius 1 is 1.19 bits per heavy atom. The van der Waals surface area contributed by atoms with Crippen molar-refractivity contribution in [2.75, 3.05) is 12.3 Å². The Labute approximate surface area is 124 Å². The molecule has 0 aliphatic heterocycles. The van der Waals surface area contributed by atoms with E-state index < -0.39 is 6.04 Å². The first-order valence-corrected chi connectivity index (χ1v) is 6.98. The van der Waals surface area contributed by atoms with E-state index in [0.29, 0.717) is 18.7 Å². The highest BCUT2D eigenvalue weighted by atomic mass is 16.5. The van der Waals surface area contributed by atoms with Crippen LogP contribution in [0.5, 0.6) is 0 Å². The van der Waals surface area contributed by atoms with E-state index in [2.05, 4.69) is 0 Å². The van der Waals surface area contributed by atoms with Gasteiger partial charge in [-0.05, 0) is 42.2 Å². The zero-order valence-electron chi connectivity index (χ0n) is 12.1. The summed E-state index contributed by atoms with van der Waals surface area (Å²) in [4.78, 5) is 11.7. The molecule has 4 nitrogen and oxygen atoms in total. The van der Waals surface area contributed by atoms with Crippen LogP contribution in [0.15, 0.2) is 48.5 Å². The minimum absolute atomic E-state index is 0.328. The van der Waals surface area contributed by atoms with Gasteiger partial charge in [-0.15, -0.1) is 0 Å². The highest BCUT2D eigenvalue weighted by Gasteiger charge is 2.17. The van der Waals surface area contributed by atoms with Crippen LogP contribution in [0.25, 0.3) is 11.1 Å². The average molecular weight is 284 g/mol. The molecular formula is C17H20N2O2. The van der Waals surface area contributed by atoms with Gasteiger partial charge in [0.1, 0.15) is 6.04 Å². The predicted octanol–water partition coefficient (Wildman–Crippen LogP) is 2.37. The molecule has 0 spiro atoms. The average Bonchev–Trinajstić information content (AvgIpc) is 2.48. The fourth-order valence-corrected chi connectivity index (χ4v) is 2.25. The molecule has 21 heavy (non-hydrogen) atoms. The van der Waals surface area contributed by atoms with Crippen LogP contribution in [0.3, 0.4) is 0 Å². The molecule has 2 aromatic carbocycles. The number of nitrogen functional groups attached to an aromatic ring is 1. The van der Waals surface area contributed by atoms with Gasteiger partial charge in [0.15, 0.2) is 0 Å². The van der Waals surface area contributed by atoms with Crippen molar-refractivity contribution in [2.24, 2.45) is 5.73 Å². The Bertz CT molecular complexity index is 611. The van der Waals surface area contributed by atoms with Gasteiger partial charge in [-0.1, -0.05) is 36.4 Å². The van der Waals surface area contributed by atoms with E-state index >= 15 is 0 Å². The molecule has 0 aromatic heterocycles. The lowest BCUT2D eigenvalue weighted by Crippen LogP contribution is -2.34. The van der Waals surface area contributed by atoms with Gasteiger partial charge in [-0.2, -0.15) is 0 Å². The molecule has 2 aromatic rings. The van der Waals surface area contributed by atoms with E-state index in [1.54, 1.807) is 6.92 Å². The minimum Gasteiger partial charge on any atom is -0.465 e. The van der Waals surface area contributed by atoms with Crippen LogP contribution < -0.4 is 11.5 Å². The first-order chi connectivity index (χ1) is 10.1. The van der Waals surface area contributed by atoms with Crippen LogP contribution in [0, 0.1) is 0 Å². The van der Waals surface area contributed by atoms with Gasteiger partial charge in [0.05, 0.1) is 6.61 Å². The molecular weight excluding hydrogens is 264 g/mol. The molecule has 0 radical (unpaired) electrons. The summed E-state index contributed by atoms with van der Waals surface area (Å²) >= 11 is 0. The fraction of sp³-hybridized carbons (Fsp3) is 0.235. The minimum atomic E-state index is -0.686. The summed E-state index contributed by atoms with van der Waals surface area (Å²) in [7, 11) is 0. The van der Waals surface area contributed by atoms with Gasteiger partial charge < -0.3 is 16.2 Å². The van der Waals surface area contributed by atoms with E-state index in [-0.39, 0.29) is 5.97 Å². The maximum absolute atomic E-state index is 11.7. The van der Waals surface area contributed by atoms with Crippen LogP contribution in [0.1, 0.15) is 12.5 Å². The number of anilines is 1. The Balaban J connectivity index is 2.30. The van der Waals surface area contributed by atoms with E-state index in [9.17, 15) is 4.79 Å². The van der Waals surface area contributed by atoms with Crippen LogP contribution >= 0.6 is 0 Å². The summed E-state index contributed by atoms with van der Waals surface area (Å²) < 4.78 is 4.96. The summed E-state index contributed by atoms with van der Waals surface area (Å²) in [5.41, 5.74) is 15.5. The fourth-order valence-electron chi connectivity index (χ4n) is 2.25. The van der Waals surface area contributed by atoms with Crippen LogP contribution in [-0.2, 0) is 16.0 Å². The van der Waals surface area contributed by atoms with Crippen molar-refractivity contribution in [2.45, 2.75) is 19.4 Å². The molecule has 4 heteroatoms. The lowest BCUT2D eigenvalue weighted by Gasteiger charge is -2.15. The van der Waals surface area contributed by atoms with E-state index in [4.69, 9.17) is 16.2 Å². The maximum atomic E-state index is 11.7. The zero-order valence-corrected chi connectivity index (χ0v) is 12.1. The normalized spacial score (nSPS) is 11.9. The molecule has 110 valence electrons. The number of ether oxygens (including phenoxy) is 1. The molecule has 0 aliphatic rings. The van der Waals surface area contributed by atoms with Crippen molar-refractivity contribution in [3.05, 3.63) is 54.1 Å². The third-order valence-corrected chi connectivity index (χ3v) is 3.24. The number of benzene rings is 2. The first kappa shape index (κ1) is 15.1. The van der Waals surface area contributed by atoms with Crippen LogP contribution in [0.4, 0.5) is 5.69 Å². The van der Waals surface area contributed by atoms with E-state index in [1.165, 1.54) is 0 Å². The smallest absolute Gasteiger partial charge is 0.323 e. The molecule has 0 amide bonds. The molecule has 0 saturated carbocycles. The van der Waals surface area contributed by atoms with Crippen molar-refractivity contribution in [1.29, 1.82) is 0 Å². The monoisotopic (exact) mass is 284 g/mol. The number of esters is 1. The number of hydrogen-bond donors (Lipinski definition) is 2. The van der Waals surface area contributed by atoms with Crippen molar-refractivity contribution < 1.29 is 9.53 Å². The molecule has 4 N–H and O–H groups in total. The third-order valence-electron chi connectivity index (χ3n) is 3.24. The summed E-state index contributed by atoms with van der Waals surface area (Å²) in [5.74, 6) is -0.390. The number of rotatable bonds is 5. The third kappa shape index (κ3) is 3.83. The summed E-state index contributed by atoms with van der Waals surface area (Å²) in [6.07, 6.45) is 0.397. The van der Waals surface area contributed by atoms with Gasteiger partial charge >= 0.3 is 5.97 Å². The van der Waals surface area contributed by atoms with Crippen molar-refractivity contribution in [1.82, 2.24) is 0 Å². The Morgan fingerprint density at radius 3 is 2.57 bits per heavy atom. The van der Waals surface area contributed by atoms with Gasteiger partial charge in [0.2, 0.25) is 0 Å². The van der Waals surface area contributed by atoms with Gasteiger partial charge in [-0.25, -0.2) is 0 Å². The zero-order chi connectivity index (χ0) is 15.2. The van der Waals surface area contributed by atoms with E-state index in [0.717, 1.165) is 16.7 Å². The molecule has 2 rings (SSSR count). The summed E-state index contributed by atoms with van der Waals surface area (Å²) in [6.45, 7) is 2.09. The molecule has 0 bridgehead atoms. The maximum Gasteiger partial charge on any atom is 0.323 e. The van der Waals surface area contributed by atoms with Crippen molar-refractivity contribution in [3.8, 4) is 11.1 Å². The molecule has 1 unspecified atom stereocenters. The standard InChI is InChI=1S/C17H20N2O2/c1-2-21-17(20)16(19)11-13-10-14(18)8-9-15(13)12-6-4-3-5-7-12/h3-10,16H,2,11,18-19H2,1H3. The SMILES string of the molecule is CCOC(=O)C(N)Cc1cc(N)ccc1-c1ccccc1. The highest BCUT2D eigenvalue weighted by molar-refractivity contribution is 5.77. The molecule has 0 saturated heterocycles. The Morgan fingerprint density at radius 2 is 1.90 bits per heavy atom. The highest BCUT2D eigenvalue weighted by Crippen LogP contribution is 2.26. The lowest BCUT2D eigenvalue weighted by atomic mass is 9.95. The molecule has 0 aliphatic carbocycles. The van der Waals surface area contributed by atoms with Gasteiger partial charge in [0, 0.05) is 5.69 Å². The predicted molar refractivity (Wildman–Crippen MR) is 84.6 cm³/mol.